The minimum atomic E-state index is -0.361. The number of pyridine rings is 1. The number of imide groups is 1. The second-order valence-electron chi connectivity index (χ2n) is 5.46. The maximum atomic E-state index is 12.3. The summed E-state index contributed by atoms with van der Waals surface area (Å²) in [6, 6.07) is 7.86. The SMILES string of the molecule is Cn1c2ccccc2c2c3c(c4cncn4c21)C(=O)NC3=O. The van der Waals surface area contributed by atoms with Gasteiger partial charge in [-0.15, -0.1) is 0 Å². The second-order valence-corrected chi connectivity index (χ2v) is 5.46. The first-order chi connectivity index (χ1) is 10.7. The van der Waals surface area contributed by atoms with Gasteiger partial charge in [0.25, 0.3) is 11.8 Å². The lowest BCUT2D eigenvalue weighted by Gasteiger charge is -2.05. The largest absolute Gasteiger partial charge is 0.329 e. The van der Waals surface area contributed by atoms with E-state index in [1.807, 2.05) is 40.3 Å². The van der Waals surface area contributed by atoms with Crippen LogP contribution in [-0.4, -0.2) is 25.8 Å². The summed E-state index contributed by atoms with van der Waals surface area (Å²) in [7, 11) is 1.95. The molecule has 4 aromatic rings. The highest BCUT2D eigenvalue weighted by atomic mass is 16.2. The molecular formula is C16H10N4O2. The molecule has 2 amide bonds. The van der Waals surface area contributed by atoms with Gasteiger partial charge in [-0.3, -0.25) is 19.3 Å². The lowest BCUT2D eigenvalue weighted by Crippen LogP contribution is -2.20. The Bertz CT molecular complexity index is 1150. The van der Waals surface area contributed by atoms with E-state index < -0.39 is 0 Å². The number of amides is 2. The lowest BCUT2D eigenvalue weighted by atomic mass is 10.0. The Balaban J connectivity index is 2.23. The summed E-state index contributed by atoms with van der Waals surface area (Å²) in [4.78, 5) is 28.7. The summed E-state index contributed by atoms with van der Waals surface area (Å²) >= 11 is 0. The molecule has 0 spiro atoms. The van der Waals surface area contributed by atoms with Crippen LogP contribution in [0, 0.1) is 0 Å². The fourth-order valence-electron chi connectivity index (χ4n) is 3.50. The number of carbonyl (C=O) groups excluding carboxylic acids is 2. The fraction of sp³-hybridized carbons (Fsp3) is 0.0625. The summed E-state index contributed by atoms with van der Waals surface area (Å²) in [5, 5.41) is 4.15. The van der Waals surface area contributed by atoms with Gasteiger partial charge in [0.2, 0.25) is 0 Å². The van der Waals surface area contributed by atoms with Crippen molar-refractivity contribution in [2.45, 2.75) is 0 Å². The van der Waals surface area contributed by atoms with Crippen molar-refractivity contribution in [3.8, 4) is 0 Å². The Labute approximate surface area is 124 Å². The number of rotatable bonds is 0. The van der Waals surface area contributed by atoms with E-state index in [9.17, 15) is 9.59 Å². The molecule has 3 aromatic heterocycles. The molecule has 6 heteroatoms. The monoisotopic (exact) mass is 290 g/mol. The molecule has 1 aromatic carbocycles. The topological polar surface area (TPSA) is 68.4 Å². The molecule has 0 aliphatic carbocycles. The molecular weight excluding hydrogens is 280 g/mol. The van der Waals surface area contributed by atoms with Crippen molar-refractivity contribution in [1.82, 2.24) is 19.3 Å². The first kappa shape index (κ1) is 11.5. The van der Waals surface area contributed by atoms with Gasteiger partial charge in [0.15, 0.2) is 0 Å². The van der Waals surface area contributed by atoms with Crippen LogP contribution in [-0.2, 0) is 7.05 Å². The van der Waals surface area contributed by atoms with Crippen molar-refractivity contribution in [2.24, 2.45) is 7.05 Å². The average molecular weight is 290 g/mol. The summed E-state index contributed by atoms with van der Waals surface area (Å²) in [6.45, 7) is 0. The molecule has 5 rings (SSSR count). The number of aryl methyl sites for hydroxylation is 1. The van der Waals surface area contributed by atoms with E-state index in [4.69, 9.17) is 0 Å². The number of hydrogen-bond acceptors (Lipinski definition) is 3. The van der Waals surface area contributed by atoms with Crippen LogP contribution in [0.1, 0.15) is 20.7 Å². The number of nitrogens with one attached hydrogen (secondary N) is 1. The van der Waals surface area contributed by atoms with Crippen LogP contribution in [0.15, 0.2) is 36.8 Å². The van der Waals surface area contributed by atoms with E-state index in [-0.39, 0.29) is 11.8 Å². The molecule has 1 aliphatic heterocycles. The fourth-order valence-corrected chi connectivity index (χ4v) is 3.50. The van der Waals surface area contributed by atoms with Crippen LogP contribution in [0.25, 0.3) is 27.5 Å². The van der Waals surface area contributed by atoms with E-state index in [0.29, 0.717) is 16.6 Å². The summed E-state index contributed by atoms with van der Waals surface area (Å²) in [5.41, 5.74) is 3.37. The number of fused-ring (bicyclic) bond motifs is 8. The number of aromatic nitrogens is 3. The Morgan fingerprint density at radius 3 is 2.68 bits per heavy atom. The van der Waals surface area contributed by atoms with Gasteiger partial charge < -0.3 is 4.57 Å². The molecule has 1 N–H and O–H groups in total. The van der Waals surface area contributed by atoms with Crippen molar-refractivity contribution in [1.29, 1.82) is 0 Å². The highest BCUT2D eigenvalue weighted by Crippen LogP contribution is 2.36. The van der Waals surface area contributed by atoms with Gasteiger partial charge in [-0.05, 0) is 6.07 Å². The molecule has 0 saturated carbocycles. The molecule has 0 saturated heterocycles. The number of carbonyl (C=O) groups is 2. The Morgan fingerprint density at radius 1 is 1.05 bits per heavy atom. The van der Waals surface area contributed by atoms with Crippen molar-refractivity contribution >= 4 is 39.3 Å². The van der Waals surface area contributed by atoms with Crippen LogP contribution in [0.2, 0.25) is 0 Å². The Hall–Kier alpha value is -3.15. The zero-order valence-electron chi connectivity index (χ0n) is 11.6. The molecule has 0 fully saturated rings. The molecule has 0 radical (unpaired) electrons. The number of para-hydroxylation sites is 1. The summed E-state index contributed by atoms with van der Waals surface area (Å²) in [6.07, 6.45) is 3.29. The number of nitrogens with zero attached hydrogens (tertiary/aromatic N) is 3. The van der Waals surface area contributed by atoms with E-state index in [1.54, 1.807) is 12.5 Å². The van der Waals surface area contributed by atoms with E-state index >= 15 is 0 Å². The minimum Gasteiger partial charge on any atom is -0.329 e. The molecule has 0 atom stereocenters. The number of benzene rings is 1. The number of imidazole rings is 1. The number of hydrogen-bond donors (Lipinski definition) is 1. The van der Waals surface area contributed by atoms with Gasteiger partial charge in [-0.1, -0.05) is 18.2 Å². The zero-order valence-corrected chi connectivity index (χ0v) is 11.6. The Morgan fingerprint density at radius 2 is 1.82 bits per heavy atom. The molecule has 6 nitrogen and oxygen atoms in total. The molecule has 0 unspecified atom stereocenters. The summed E-state index contributed by atoms with van der Waals surface area (Å²) in [5.74, 6) is -0.703. The van der Waals surface area contributed by atoms with E-state index in [2.05, 4.69) is 10.3 Å². The average Bonchev–Trinajstić information content (AvgIpc) is 3.16. The van der Waals surface area contributed by atoms with Crippen molar-refractivity contribution < 1.29 is 9.59 Å². The first-order valence-corrected chi connectivity index (χ1v) is 6.89. The lowest BCUT2D eigenvalue weighted by molar-refractivity contribution is 0.0880. The van der Waals surface area contributed by atoms with Gasteiger partial charge in [0.1, 0.15) is 12.0 Å². The molecule has 106 valence electrons. The quantitative estimate of drug-likeness (QED) is 0.503. The minimum absolute atomic E-state index is 0.343. The smallest absolute Gasteiger partial charge is 0.261 e. The van der Waals surface area contributed by atoms with Crippen molar-refractivity contribution in [3.63, 3.8) is 0 Å². The third-order valence-corrected chi connectivity index (χ3v) is 4.38. The molecule has 4 heterocycles. The zero-order chi connectivity index (χ0) is 15.0. The van der Waals surface area contributed by atoms with Gasteiger partial charge in [0, 0.05) is 17.8 Å². The van der Waals surface area contributed by atoms with E-state index in [1.165, 1.54) is 0 Å². The van der Waals surface area contributed by atoms with Gasteiger partial charge in [0.05, 0.1) is 28.4 Å². The maximum Gasteiger partial charge on any atom is 0.261 e. The van der Waals surface area contributed by atoms with Crippen LogP contribution < -0.4 is 5.32 Å². The highest BCUT2D eigenvalue weighted by Gasteiger charge is 2.34. The molecule has 22 heavy (non-hydrogen) atoms. The van der Waals surface area contributed by atoms with Crippen LogP contribution in [0.5, 0.6) is 0 Å². The van der Waals surface area contributed by atoms with Gasteiger partial charge in [-0.2, -0.15) is 0 Å². The highest BCUT2D eigenvalue weighted by molar-refractivity contribution is 6.32. The third kappa shape index (κ3) is 1.11. The van der Waals surface area contributed by atoms with Crippen LogP contribution in [0.3, 0.4) is 0 Å². The van der Waals surface area contributed by atoms with Gasteiger partial charge in [-0.25, -0.2) is 4.98 Å². The standard InChI is InChI=1S/C16H10N4O2/c1-19-9-5-3-2-4-8(9)11-13-12(14(21)18-15(13)22)10-6-17-7-20(10)16(11)19/h2-7H,1H3,(H,18,21,22). The summed E-state index contributed by atoms with van der Waals surface area (Å²) < 4.78 is 3.89. The van der Waals surface area contributed by atoms with Gasteiger partial charge >= 0.3 is 0 Å². The second kappa shape index (κ2) is 3.54. The first-order valence-electron chi connectivity index (χ1n) is 6.89. The third-order valence-electron chi connectivity index (χ3n) is 4.38. The van der Waals surface area contributed by atoms with Crippen LogP contribution >= 0.6 is 0 Å². The van der Waals surface area contributed by atoms with Crippen LogP contribution in [0.4, 0.5) is 0 Å². The maximum absolute atomic E-state index is 12.3. The predicted octanol–water partition coefficient (Wildman–Crippen LogP) is 1.86. The Kier molecular flexibility index (Phi) is 1.85. The molecule has 0 bridgehead atoms. The van der Waals surface area contributed by atoms with Crippen molar-refractivity contribution in [2.75, 3.05) is 0 Å². The van der Waals surface area contributed by atoms with E-state index in [0.717, 1.165) is 21.9 Å². The predicted molar refractivity (Wildman–Crippen MR) is 81.0 cm³/mol. The normalized spacial score (nSPS) is 14.2. The molecule has 1 aliphatic rings. The van der Waals surface area contributed by atoms with Crippen molar-refractivity contribution in [3.05, 3.63) is 47.9 Å².